The number of hydrogen-bond donors (Lipinski definition) is 3. The molecule has 1 atom stereocenters. The summed E-state index contributed by atoms with van der Waals surface area (Å²) in [5.41, 5.74) is 0.681. The normalized spacial score (nSPS) is 12.6. The summed E-state index contributed by atoms with van der Waals surface area (Å²) in [6.07, 6.45) is 1.78. The van der Waals surface area contributed by atoms with Crippen LogP contribution in [0.3, 0.4) is 0 Å². The third-order valence-corrected chi connectivity index (χ3v) is 5.27. The van der Waals surface area contributed by atoms with Crippen LogP contribution >= 0.6 is 0 Å². The van der Waals surface area contributed by atoms with Gasteiger partial charge < -0.3 is 15.2 Å². The van der Waals surface area contributed by atoms with Gasteiger partial charge in [-0.3, -0.25) is 4.79 Å². The van der Waals surface area contributed by atoms with E-state index >= 15 is 0 Å². The summed E-state index contributed by atoms with van der Waals surface area (Å²) in [6, 6.07) is 3.15. The smallest absolute Gasteiger partial charge is 0.326 e. The third-order valence-electron chi connectivity index (χ3n) is 3.81. The zero-order valence-corrected chi connectivity index (χ0v) is 16.1. The van der Waals surface area contributed by atoms with Gasteiger partial charge in [0.2, 0.25) is 10.0 Å². The van der Waals surface area contributed by atoms with Gasteiger partial charge in [-0.25, -0.2) is 17.9 Å². The number of hydrogen-bond acceptors (Lipinski definition) is 5. The van der Waals surface area contributed by atoms with Gasteiger partial charge >= 0.3 is 5.97 Å². The first-order valence-corrected chi connectivity index (χ1v) is 9.84. The van der Waals surface area contributed by atoms with Gasteiger partial charge in [0.15, 0.2) is 0 Å². The number of carboxylic acids is 1. The van der Waals surface area contributed by atoms with Gasteiger partial charge in [-0.05, 0) is 31.0 Å². The molecule has 146 valence electrons. The molecule has 0 aliphatic heterocycles. The van der Waals surface area contributed by atoms with E-state index in [1.807, 2.05) is 6.92 Å². The summed E-state index contributed by atoms with van der Waals surface area (Å²) in [5, 5.41) is 11.7. The van der Waals surface area contributed by atoms with Crippen LogP contribution in [0.1, 0.15) is 42.1 Å². The van der Waals surface area contributed by atoms with Gasteiger partial charge in [-0.2, -0.15) is 0 Å². The van der Waals surface area contributed by atoms with E-state index < -0.39 is 27.9 Å². The fourth-order valence-electron chi connectivity index (χ4n) is 2.28. The van der Waals surface area contributed by atoms with Gasteiger partial charge in [0, 0.05) is 19.2 Å². The van der Waals surface area contributed by atoms with Crippen LogP contribution in [0.4, 0.5) is 0 Å². The molecule has 3 N–H and O–H groups in total. The number of methoxy groups -OCH3 is 1. The van der Waals surface area contributed by atoms with Crippen LogP contribution in [0, 0.1) is 6.92 Å². The van der Waals surface area contributed by atoms with E-state index in [2.05, 4.69) is 10.0 Å². The SMILES string of the molecule is CCCC[C@H](NC(=O)c1cc(S(=O)(=O)NCCOC)ccc1C)C(=O)O. The maximum Gasteiger partial charge on any atom is 0.326 e. The zero-order valence-electron chi connectivity index (χ0n) is 15.2. The number of carbonyl (C=O) groups excluding carboxylic acids is 1. The predicted molar refractivity (Wildman–Crippen MR) is 96.7 cm³/mol. The maximum absolute atomic E-state index is 12.5. The van der Waals surface area contributed by atoms with Crippen molar-refractivity contribution in [1.82, 2.24) is 10.0 Å². The van der Waals surface area contributed by atoms with Crippen molar-refractivity contribution in [2.75, 3.05) is 20.3 Å². The highest BCUT2D eigenvalue weighted by Gasteiger charge is 2.22. The number of amides is 1. The fourth-order valence-corrected chi connectivity index (χ4v) is 3.31. The second-order valence-corrected chi connectivity index (χ2v) is 7.64. The third kappa shape index (κ3) is 6.40. The molecule has 1 aromatic rings. The lowest BCUT2D eigenvalue weighted by atomic mass is 10.1. The van der Waals surface area contributed by atoms with E-state index in [0.717, 1.165) is 6.42 Å². The molecule has 0 aromatic heterocycles. The summed E-state index contributed by atoms with van der Waals surface area (Å²) in [4.78, 5) is 23.7. The van der Waals surface area contributed by atoms with E-state index in [4.69, 9.17) is 4.74 Å². The number of nitrogens with one attached hydrogen (secondary N) is 2. The first-order valence-electron chi connectivity index (χ1n) is 8.35. The molecule has 1 amide bonds. The second-order valence-electron chi connectivity index (χ2n) is 5.87. The Balaban J connectivity index is 3.01. The minimum atomic E-state index is -3.79. The van der Waals surface area contributed by atoms with Crippen LogP contribution < -0.4 is 10.0 Å². The number of unbranched alkanes of at least 4 members (excludes halogenated alkanes) is 1. The number of carboxylic acid groups (broad SMARTS) is 1. The number of aryl methyl sites for hydroxylation is 1. The first-order chi connectivity index (χ1) is 12.2. The standard InChI is InChI=1S/C17H26N2O6S/c1-4-5-6-15(17(21)22)19-16(20)14-11-13(8-7-12(14)2)26(23,24)18-9-10-25-3/h7-8,11,15,18H,4-6,9-10H2,1-3H3,(H,19,20)(H,21,22)/t15-/m0/s1. The zero-order chi connectivity index (χ0) is 19.7. The number of carbonyl (C=O) groups is 2. The van der Waals surface area contributed by atoms with Gasteiger partial charge in [-0.15, -0.1) is 0 Å². The van der Waals surface area contributed by atoms with Gasteiger partial charge in [0.1, 0.15) is 6.04 Å². The molecule has 0 saturated heterocycles. The van der Waals surface area contributed by atoms with Crippen LogP contribution in [0.25, 0.3) is 0 Å². The second kappa shape index (κ2) is 10.2. The maximum atomic E-state index is 12.5. The largest absolute Gasteiger partial charge is 0.480 e. The highest BCUT2D eigenvalue weighted by molar-refractivity contribution is 7.89. The summed E-state index contributed by atoms with van der Waals surface area (Å²) < 4.78 is 31.7. The Hall–Kier alpha value is -1.97. The molecule has 8 nitrogen and oxygen atoms in total. The van der Waals surface area contributed by atoms with Crippen molar-refractivity contribution in [1.29, 1.82) is 0 Å². The summed E-state index contributed by atoms with van der Waals surface area (Å²) in [7, 11) is -2.33. The van der Waals surface area contributed by atoms with Crippen molar-refractivity contribution in [2.45, 2.75) is 44.0 Å². The number of rotatable bonds is 11. The fraction of sp³-hybridized carbons (Fsp3) is 0.529. The topological polar surface area (TPSA) is 122 Å². The Morgan fingerprint density at radius 1 is 1.31 bits per heavy atom. The Morgan fingerprint density at radius 2 is 2.00 bits per heavy atom. The lowest BCUT2D eigenvalue weighted by Gasteiger charge is -2.16. The Morgan fingerprint density at radius 3 is 2.58 bits per heavy atom. The monoisotopic (exact) mass is 386 g/mol. The van der Waals surface area contributed by atoms with Crippen molar-refractivity contribution >= 4 is 21.9 Å². The molecule has 0 bridgehead atoms. The summed E-state index contributed by atoms with van der Waals surface area (Å²) >= 11 is 0. The lowest BCUT2D eigenvalue weighted by Crippen LogP contribution is -2.41. The Bertz CT molecular complexity index is 733. The van der Waals surface area contributed by atoms with Crippen LogP contribution in [0.5, 0.6) is 0 Å². The average molecular weight is 386 g/mol. The molecule has 0 unspecified atom stereocenters. The van der Waals surface area contributed by atoms with E-state index in [-0.39, 0.29) is 23.6 Å². The van der Waals surface area contributed by atoms with Crippen LogP contribution in [0.2, 0.25) is 0 Å². The van der Waals surface area contributed by atoms with Crippen LogP contribution in [0.15, 0.2) is 23.1 Å². The van der Waals surface area contributed by atoms with Gasteiger partial charge in [0.25, 0.3) is 5.91 Å². The molecule has 0 saturated carbocycles. The number of sulfonamides is 1. The Labute approximate surface area is 154 Å². The van der Waals surface area contributed by atoms with Crippen molar-refractivity contribution < 1.29 is 27.9 Å². The molecular formula is C17H26N2O6S. The van der Waals surface area contributed by atoms with Crippen molar-refractivity contribution in [3.63, 3.8) is 0 Å². The molecule has 0 heterocycles. The lowest BCUT2D eigenvalue weighted by molar-refractivity contribution is -0.139. The van der Waals surface area contributed by atoms with Crippen molar-refractivity contribution in [3.8, 4) is 0 Å². The van der Waals surface area contributed by atoms with Crippen LogP contribution in [-0.4, -0.2) is 51.7 Å². The Kier molecular flexibility index (Phi) is 8.70. The first kappa shape index (κ1) is 22.1. The summed E-state index contributed by atoms with van der Waals surface area (Å²) in [5.74, 6) is -1.73. The quantitative estimate of drug-likeness (QED) is 0.493. The van der Waals surface area contributed by atoms with Gasteiger partial charge in [0.05, 0.1) is 11.5 Å². The average Bonchev–Trinajstić information content (AvgIpc) is 2.58. The number of aliphatic carboxylic acids is 1. The molecule has 9 heteroatoms. The van der Waals surface area contributed by atoms with Crippen molar-refractivity contribution in [3.05, 3.63) is 29.3 Å². The van der Waals surface area contributed by atoms with E-state index in [1.165, 1.54) is 25.3 Å². The van der Waals surface area contributed by atoms with Gasteiger partial charge in [-0.1, -0.05) is 25.8 Å². The molecule has 1 aromatic carbocycles. The molecule has 0 fully saturated rings. The highest BCUT2D eigenvalue weighted by atomic mass is 32.2. The molecule has 0 aliphatic rings. The number of benzene rings is 1. The molecule has 0 spiro atoms. The van der Waals surface area contributed by atoms with E-state index in [0.29, 0.717) is 18.4 Å². The van der Waals surface area contributed by atoms with E-state index in [9.17, 15) is 23.1 Å². The number of ether oxygens (including phenoxy) is 1. The molecule has 0 radical (unpaired) electrons. The molecular weight excluding hydrogens is 360 g/mol. The minimum Gasteiger partial charge on any atom is -0.480 e. The van der Waals surface area contributed by atoms with Crippen molar-refractivity contribution in [2.24, 2.45) is 0 Å². The minimum absolute atomic E-state index is 0.0650. The predicted octanol–water partition coefficient (Wildman–Crippen LogP) is 1.29. The highest BCUT2D eigenvalue weighted by Crippen LogP contribution is 2.16. The molecule has 1 rings (SSSR count). The molecule has 26 heavy (non-hydrogen) atoms. The molecule has 0 aliphatic carbocycles. The van der Waals surface area contributed by atoms with Crippen LogP contribution in [-0.2, 0) is 19.6 Å². The van der Waals surface area contributed by atoms with E-state index in [1.54, 1.807) is 6.92 Å². The summed E-state index contributed by atoms with van der Waals surface area (Å²) in [6.45, 7) is 3.91.